The molecule has 0 bridgehead atoms. The Morgan fingerprint density at radius 1 is 0.947 bits per heavy atom. The molecule has 2 aromatic carbocycles. The minimum atomic E-state index is -0.701. The van der Waals surface area contributed by atoms with Crippen molar-refractivity contribution >= 4 is 23.2 Å². The Balaban J connectivity index is 2.08. The van der Waals surface area contributed by atoms with Gasteiger partial charge in [0.2, 0.25) is 0 Å². The molecule has 0 saturated heterocycles. The van der Waals surface area contributed by atoms with E-state index < -0.39 is 6.10 Å². The van der Waals surface area contributed by atoms with Gasteiger partial charge >= 0.3 is 0 Å². The minimum Gasteiger partial charge on any atom is -0.392 e. The number of rotatable bonds is 4. The van der Waals surface area contributed by atoms with Gasteiger partial charge in [0.05, 0.1) is 16.1 Å². The highest BCUT2D eigenvalue weighted by atomic mass is 35.5. The zero-order valence-corrected chi connectivity index (χ0v) is 11.6. The number of benzene rings is 2. The van der Waals surface area contributed by atoms with Crippen LogP contribution in [0.15, 0.2) is 42.5 Å². The Morgan fingerprint density at radius 3 is 2.32 bits per heavy atom. The maximum Gasteiger partial charge on any atom is 0.126 e. The Labute approximate surface area is 121 Å². The number of hydrogen-bond acceptors (Lipinski definition) is 1. The van der Waals surface area contributed by atoms with E-state index in [1.165, 1.54) is 6.07 Å². The lowest BCUT2D eigenvalue weighted by Crippen LogP contribution is -2.15. The monoisotopic (exact) mass is 298 g/mol. The third-order valence-corrected chi connectivity index (χ3v) is 3.76. The summed E-state index contributed by atoms with van der Waals surface area (Å²) in [6.45, 7) is 0. The van der Waals surface area contributed by atoms with Gasteiger partial charge in [0, 0.05) is 12.8 Å². The van der Waals surface area contributed by atoms with Crippen LogP contribution in [0.3, 0.4) is 0 Å². The van der Waals surface area contributed by atoms with Gasteiger partial charge in [-0.2, -0.15) is 0 Å². The van der Waals surface area contributed by atoms with E-state index in [-0.39, 0.29) is 12.2 Å². The Kier molecular flexibility index (Phi) is 4.81. The highest BCUT2D eigenvalue weighted by Crippen LogP contribution is 2.26. The van der Waals surface area contributed by atoms with Crippen molar-refractivity contribution in [1.82, 2.24) is 0 Å². The van der Waals surface area contributed by atoms with E-state index in [0.29, 0.717) is 22.0 Å². The smallest absolute Gasteiger partial charge is 0.126 e. The highest BCUT2D eigenvalue weighted by Gasteiger charge is 2.13. The molecule has 1 unspecified atom stereocenters. The fourth-order valence-corrected chi connectivity index (χ4v) is 2.35. The van der Waals surface area contributed by atoms with Crippen molar-refractivity contribution in [3.8, 4) is 0 Å². The maximum absolute atomic E-state index is 13.5. The molecule has 2 rings (SSSR count). The normalized spacial score (nSPS) is 12.4. The van der Waals surface area contributed by atoms with Crippen LogP contribution in [0.2, 0.25) is 10.0 Å². The van der Waals surface area contributed by atoms with Crippen LogP contribution in [0, 0.1) is 5.82 Å². The molecule has 0 aromatic heterocycles. The quantitative estimate of drug-likeness (QED) is 0.893. The van der Waals surface area contributed by atoms with Crippen LogP contribution in [0.1, 0.15) is 11.1 Å². The van der Waals surface area contributed by atoms with Crippen LogP contribution < -0.4 is 0 Å². The summed E-state index contributed by atoms with van der Waals surface area (Å²) in [6, 6.07) is 11.7. The van der Waals surface area contributed by atoms with Gasteiger partial charge in [0.15, 0.2) is 0 Å². The van der Waals surface area contributed by atoms with E-state index >= 15 is 0 Å². The van der Waals surface area contributed by atoms with Gasteiger partial charge in [-0.05, 0) is 23.3 Å². The zero-order valence-electron chi connectivity index (χ0n) is 10.1. The lowest BCUT2D eigenvalue weighted by Gasteiger charge is -2.13. The molecule has 1 nitrogen and oxygen atoms in total. The average molecular weight is 299 g/mol. The van der Waals surface area contributed by atoms with Gasteiger partial charge in [-0.15, -0.1) is 0 Å². The second kappa shape index (κ2) is 6.38. The van der Waals surface area contributed by atoms with Crippen molar-refractivity contribution in [2.45, 2.75) is 18.9 Å². The highest BCUT2D eigenvalue weighted by molar-refractivity contribution is 6.42. The molecule has 0 heterocycles. The molecule has 0 spiro atoms. The van der Waals surface area contributed by atoms with Crippen molar-refractivity contribution in [2.24, 2.45) is 0 Å². The zero-order chi connectivity index (χ0) is 13.8. The molecule has 19 heavy (non-hydrogen) atoms. The van der Waals surface area contributed by atoms with Crippen molar-refractivity contribution in [1.29, 1.82) is 0 Å². The van der Waals surface area contributed by atoms with Crippen LogP contribution in [0.25, 0.3) is 0 Å². The fraction of sp³-hybridized carbons (Fsp3) is 0.200. The van der Waals surface area contributed by atoms with Gasteiger partial charge in [-0.1, -0.05) is 53.5 Å². The van der Waals surface area contributed by atoms with Crippen LogP contribution >= 0.6 is 23.2 Å². The molecule has 100 valence electrons. The molecule has 0 fully saturated rings. The molecule has 4 heteroatoms. The van der Waals surface area contributed by atoms with E-state index in [2.05, 4.69) is 0 Å². The van der Waals surface area contributed by atoms with Crippen molar-refractivity contribution in [3.63, 3.8) is 0 Å². The number of hydrogen-bond donors (Lipinski definition) is 1. The molecular weight excluding hydrogens is 286 g/mol. The lowest BCUT2D eigenvalue weighted by atomic mass is 10.0. The first-order valence-electron chi connectivity index (χ1n) is 5.92. The predicted octanol–water partition coefficient (Wildman–Crippen LogP) is 4.28. The molecular formula is C15H13Cl2FO. The standard InChI is InChI=1S/C15H13Cl2FO/c16-13-6-3-5-11(15(13)17)9-12(19)8-10-4-1-2-7-14(10)18/h1-7,12,19H,8-9H2. The largest absolute Gasteiger partial charge is 0.392 e. The molecule has 0 amide bonds. The Bertz CT molecular complexity index is 572. The van der Waals surface area contributed by atoms with Gasteiger partial charge < -0.3 is 5.11 Å². The van der Waals surface area contributed by atoms with Crippen LogP contribution in [-0.4, -0.2) is 11.2 Å². The minimum absolute atomic E-state index is 0.246. The Hall–Kier alpha value is -1.09. The maximum atomic E-state index is 13.5. The van der Waals surface area contributed by atoms with Crippen LogP contribution in [0.4, 0.5) is 4.39 Å². The summed E-state index contributed by atoms with van der Waals surface area (Å²) in [5.74, 6) is -0.307. The van der Waals surface area contributed by atoms with Gasteiger partial charge in [-0.25, -0.2) is 4.39 Å². The van der Waals surface area contributed by atoms with Gasteiger partial charge in [-0.3, -0.25) is 0 Å². The van der Waals surface area contributed by atoms with Crippen LogP contribution in [0.5, 0.6) is 0 Å². The third kappa shape index (κ3) is 3.69. The summed E-state index contributed by atoms with van der Waals surface area (Å²) < 4.78 is 13.5. The van der Waals surface area contributed by atoms with Gasteiger partial charge in [0.1, 0.15) is 5.82 Å². The van der Waals surface area contributed by atoms with E-state index in [4.69, 9.17) is 23.2 Å². The number of aliphatic hydroxyl groups excluding tert-OH is 1. The van der Waals surface area contributed by atoms with E-state index in [1.807, 2.05) is 0 Å². The van der Waals surface area contributed by atoms with E-state index in [9.17, 15) is 9.50 Å². The molecule has 0 aliphatic carbocycles. The predicted molar refractivity (Wildman–Crippen MR) is 76.3 cm³/mol. The lowest BCUT2D eigenvalue weighted by molar-refractivity contribution is 0.174. The molecule has 1 atom stereocenters. The summed E-state index contributed by atoms with van der Waals surface area (Å²) in [4.78, 5) is 0. The molecule has 0 saturated carbocycles. The SMILES string of the molecule is OC(Cc1ccccc1F)Cc1cccc(Cl)c1Cl. The third-order valence-electron chi connectivity index (χ3n) is 2.90. The fourth-order valence-electron chi connectivity index (χ4n) is 1.95. The van der Waals surface area contributed by atoms with Gasteiger partial charge in [0.25, 0.3) is 0 Å². The summed E-state index contributed by atoms with van der Waals surface area (Å²) in [5.41, 5.74) is 1.26. The molecule has 0 radical (unpaired) electrons. The first-order valence-corrected chi connectivity index (χ1v) is 6.68. The number of halogens is 3. The average Bonchev–Trinajstić information content (AvgIpc) is 2.38. The summed E-state index contributed by atoms with van der Waals surface area (Å²) in [7, 11) is 0. The number of aliphatic hydroxyl groups is 1. The van der Waals surface area contributed by atoms with Crippen molar-refractivity contribution in [3.05, 3.63) is 69.5 Å². The van der Waals surface area contributed by atoms with E-state index in [0.717, 1.165) is 5.56 Å². The van der Waals surface area contributed by atoms with Crippen molar-refractivity contribution < 1.29 is 9.50 Å². The molecule has 0 aliphatic heterocycles. The summed E-state index contributed by atoms with van der Waals surface area (Å²) >= 11 is 12.0. The molecule has 0 aliphatic rings. The first-order chi connectivity index (χ1) is 9.08. The topological polar surface area (TPSA) is 20.2 Å². The van der Waals surface area contributed by atoms with Crippen LogP contribution in [-0.2, 0) is 12.8 Å². The molecule has 1 N–H and O–H groups in total. The second-order valence-electron chi connectivity index (χ2n) is 4.37. The van der Waals surface area contributed by atoms with E-state index in [1.54, 1.807) is 36.4 Å². The molecule has 2 aromatic rings. The first kappa shape index (κ1) is 14.3. The summed E-state index contributed by atoms with van der Waals surface area (Å²) in [5, 5.41) is 10.9. The Morgan fingerprint density at radius 2 is 1.58 bits per heavy atom. The van der Waals surface area contributed by atoms with Crippen molar-refractivity contribution in [2.75, 3.05) is 0 Å². The summed E-state index contributed by atoms with van der Waals surface area (Å²) in [6.07, 6.45) is -0.114. The second-order valence-corrected chi connectivity index (χ2v) is 5.15.